The summed E-state index contributed by atoms with van der Waals surface area (Å²) in [5.41, 5.74) is 2.17. The lowest BCUT2D eigenvalue weighted by Crippen LogP contribution is -2.12. The second kappa shape index (κ2) is 6.09. The Kier molecular flexibility index (Phi) is 4.44. The Bertz CT molecular complexity index is 637. The highest BCUT2D eigenvalue weighted by atomic mass is 79.9. The van der Waals surface area contributed by atoms with Crippen molar-refractivity contribution in [3.63, 3.8) is 0 Å². The van der Waals surface area contributed by atoms with Crippen molar-refractivity contribution in [3.05, 3.63) is 40.1 Å². The monoisotopic (exact) mass is 337 g/mol. The van der Waals surface area contributed by atoms with Crippen molar-refractivity contribution < 1.29 is 9.53 Å². The lowest BCUT2D eigenvalue weighted by Gasteiger charge is -2.07. The number of carbonyl (C=O) groups excluding carboxylic acids is 1. The van der Waals surface area contributed by atoms with Crippen LogP contribution < -0.4 is 10.1 Å². The van der Waals surface area contributed by atoms with Gasteiger partial charge >= 0.3 is 0 Å². The van der Waals surface area contributed by atoms with Crippen molar-refractivity contribution in [2.45, 2.75) is 13.3 Å². The van der Waals surface area contributed by atoms with Crippen LogP contribution in [0.2, 0.25) is 0 Å². The maximum atomic E-state index is 12.2. The lowest BCUT2D eigenvalue weighted by atomic mass is 10.2. The standard InChI is InChI=1S/C14H16BrN3O2/c1-4-11-12(8-18(2)17-11)16-14(19)9-5-6-13(20-3)10(15)7-9/h5-8H,4H2,1-3H3,(H,16,19). The number of rotatable bonds is 4. The number of aryl methyl sites for hydroxylation is 2. The third-order valence-corrected chi connectivity index (χ3v) is 3.52. The predicted molar refractivity (Wildman–Crippen MR) is 81.2 cm³/mol. The minimum Gasteiger partial charge on any atom is -0.496 e. The molecule has 0 fully saturated rings. The molecule has 0 saturated carbocycles. The number of amides is 1. The molecule has 0 aliphatic rings. The summed E-state index contributed by atoms with van der Waals surface area (Å²) in [5.74, 6) is 0.522. The predicted octanol–water partition coefficient (Wildman–Crippen LogP) is 3.01. The Labute approximate surface area is 126 Å². The highest BCUT2D eigenvalue weighted by Gasteiger charge is 2.12. The Balaban J connectivity index is 2.21. The molecule has 0 aliphatic heterocycles. The van der Waals surface area contributed by atoms with Crippen LogP contribution in [0, 0.1) is 0 Å². The summed E-state index contributed by atoms with van der Waals surface area (Å²) in [5, 5.41) is 7.17. The van der Waals surface area contributed by atoms with E-state index in [9.17, 15) is 4.79 Å². The largest absolute Gasteiger partial charge is 0.496 e. The van der Waals surface area contributed by atoms with Gasteiger partial charge < -0.3 is 10.1 Å². The second-order valence-corrected chi connectivity index (χ2v) is 5.17. The van der Waals surface area contributed by atoms with Gasteiger partial charge in [0.05, 0.1) is 23.0 Å². The van der Waals surface area contributed by atoms with Crippen LogP contribution in [0.15, 0.2) is 28.9 Å². The summed E-state index contributed by atoms with van der Waals surface area (Å²) in [7, 11) is 3.42. The van der Waals surface area contributed by atoms with E-state index in [1.165, 1.54) is 0 Å². The molecular formula is C14H16BrN3O2. The van der Waals surface area contributed by atoms with Gasteiger partial charge in [-0.15, -0.1) is 0 Å². The molecule has 0 saturated heterocycles. The molecule has 5 nitrogen and oxygen atoms in total. The molecule has 1 N–H and O–H groups in total. The number of hydrogen-bond donors (Lipinski definition) is 1. The summed E-state index contributed by atoms with van der Waals surface area (Å²) >= 11 is 3.37. The number of aromatic nitrogens is 2. The van der Waals surface area contributed by atoms with Crippen LogP contribution in [0.1, 0.15) is 23.0 Å². The molecule has 1 amide bonds. The highest BCUT2D eigenvalue weighted by molar-refractivity contribution is 9.10. The molecule has 20 heavy (non-hydrogen) atoms. The summed E-state index contributed by atoms with van der Waals surface area (Å²) in [6.45, 7) is 2.00. The van der Waals surface area contributed by atoms with Gasteiger partial charge in [0.1, 0.15) is 5.75 Å². The molecule has 0 unspecified atom stereocenters. The second-order valence-electron chi connectivity index (χ2n) is 4.32. The molecule has 2 rings (SSSR count). The number of anilines is 1. The average molecular weight is 338 g/mol. The van der Waals surface area contributed by atoms with E-state index in [0.29, 0.717) is 11.3 Å². The molecular weight excluding hydrogens is 322 g/mol. The zero-order valence-electron chi connectivity index (χ0n) is 11.6. The van der Waals surface area contributed by atoms with Gasteiger partial charge in [0.15, 0.2) is 0 Å². The topological polar surface area (TPSA) is 56.2 Å². The fourth-order valence-electron chi connectivity index (χ4n) is 1.90. The van der Waals surface area contributed by atoms with Crippen LogP contribution in [-0.2, 0) is 13.5 Å². The molecule has 2 aromatic rings. The quantitative estimate of drug-likeness (QED) is 0.932. The van der Waals surface area contributed by atoms with Gasteiger partial charge in [0.25, 0.3) is 5.91 Å². The first-order chi connectivity index (χ1) is 9.55. The van der Waals surface area contributed by atoms with Gasteiger partial charge in [-0.3, -0.25) is 9.48 Å². The first-order valence-corrected chi connectivity index (χ1v) is 7.01. The zero-order valence-corrected chi connectivity index (χ0v) is 13.2. The summed E-state index contributed by atoms with van der Waals surface area (Å²) in [6, 6.07) is 5.21. The van der Waals surface area contributed by atoms with Gasteiger partial charge in [-0.1, -0.05) is 6.92 Å². The summed E-state index contributed by atoms with van der Waals surface area (Å²) < 4.78 is 7.58. The molecule has 6 heteroatoms. The molecule has 0 aliphatic carbocycles. The van der Waals surface area contributed by atoms with Gasteiger partial charge in [0, 0.05) is 18.8 Å². The van der Waals surface area contributed by atoms with E-state index in [1.807, 2.05) is 14.0 Å². The Morgan fingerprint density at radius 3 is 2.85 bits per heavy atom. The number of benzene rings is 1. The van der Waals surface area contributed by atoms with Crippen LogP contribution in [0.25, 0.3) is 0 Å². The van der Waals surface area contributed by atoms with E-state index < -0.39 is 0 Å². The SMILES string of the molecule is CCc1nn(C)cc1NC(=O)c1ccc(OC)c(Br)c1. The summed E-state index contributed by atoms with van der Waals surface area (Å²) in [4.78, 5) is 12.2. The average Bonchev–Trinajstić information content (AvgIpc) is 2.78. The smallest absolute Gasteiger partial charge is 0.255 e. The molecule has 0 radical (unpaired) electrons. The van der Waals surface area contributed by atoms with E-state index in [0.717, 1.165) is 22.3 Å². The molecule has 0 bridgehead atoms. The number of nitrogens with one attached hydrogen (secondary N) is 1. The van der Waals surface area contributed by atoms with Crippen molar-refractivity contribution in [3.8, 4) is 5.75 Å². The van der Waals surface area contributed by atoms with E-state index >= 15 is 0 Å². The minimum absolute atomic E-state index is 0.170. The Morgan fingerprint density at radius 1 is 1.50 bits per heavy atom. The van der Waals surface area contributed by atoms with Crippen molar-refractivity contribution in [1.82, 2.24) is 9.78 Å². The molecule has 1 aromatic carbocycles. The van der Waals surface area contributed by atoms with Crippen LogP contribution in [0.5, 0.6) is 5.75 Å². The van der Waals surface area contributed by atoms with Crippen LogP contribution in [0.3, 0.4) is 0 Å². The fraction of sp³-hybridized carbons (Fsp3) is 0.286. The van der Waals surface area contributed by atoms with Crippen molar-refractivity contribution >= 4 is 27.5 Å². The van der Waals surface area contributed by atoms with Gasteiger partial charge in [0.2, 0.25) is 0 Å². The van der Waals surface area contributed by atoms with Gasteiger partial charge in [-0.2, -0.15) is 5.10 Å². The third-order valence-electron chi connectivity index (χ3n) is 2.90. The number of nitrogens with zero attached hydrogens (tertiary/aromatic N) is 2. The number of ether oxygens (including phenoxy) is 1. The van der Waals surface area contributed by atoms with Crippen molar-refractivity contribution in [1.29, 1.82) is 0 Å². The van der Waals surface area contributed by atoms with Gasteiger partial charge in [-0.25, -0.2) is 0 Å². The fourth-order valence-corrected chi connectivity index (χ4v) is 2.44. The zero-order chi connectivity index (χ0) is 14.7. The van der Waals surface area contributed by atoms with E-state index in [-0.39, 0.29) is 5.91 Å². The number of hydrogen-bond acceptors (Lipinski definition) is 3. The Hall–Kier alpha value is -1.82. The maximum Gasteiger partial charge on any atom is 0.255 e. The van der Waals surface area contributed by atoms with Gasteiger partial charge in [-0.05, 0) is 40.5 Å². The first-order valence-electron chi connectivity index (χ1n) is 6.22. The summed E-state index contributed by atoms with van der Waals surface area (Å²) in [6.07, 6.45) is 2.57. The first kappa shape index (κ1) is 14.6. The van der Waals surface area contributed by atoms with Crippen LogP contribution >= 0.6 is 15.9 Å². The van der Waals surface area contributed by atoms with E-state index in [1.54, 1.807) is 36.2 Å². The van der Waals surface area contributed by atoms with E-state index in [4.69, 9.17) is 4.74 Å². The highest BCUT2D eigenvalue weighted by Crippen LogP contribution is 2.26. The van der Waals surface area contributed by atoms with Crippen LogP contribution in [0.4, 0.5) is 5.69 Å². The van der Waals surface area contributed by atoms with E-state index in [2.05, 4.69) is 26.3 Å². The van der Waals surface area contributed by atoms with Crippen LogP contribution in [-0.4, -0.2) is 22.8 Å². The molecule has 0 atom stereocenters. The number of carbonyl (C=O) groups is 1. The molecule has 106 valence electrons. The number of methoxy groups -OCH3 is 1. The normalized spacial score (nSPS) is 10.4. The molecule has 1 heterocycles. The number of halogens is 1. The minimum atomic E-state index is -0.170. The maximum absolute atomic E-state index is 12.2. The molecule has 0 spiro atoms. The Morgan fingerprint density at radius 2 is 2.25 bits per heavy atom. The van der Waals surface area contributed by atoms with Crippen molar-refractivity contribution in [2.24, 2.45) is 7.05 Å². The molecule has 1 aromatic heterocycles. The lowest BCUT2D eigenvalue weighted by molar-refractivity contribution is 0.102. The van der Waals surface area contributed by atoms with Crippen molar-refractivity contribution in [2.75, 3.05) is 12.4 Å². The third kappa shape index (κ3) is 3.01.